The van der Waals surface area contributed by atoms with Crippen LogP contribution in [-0.4, -0.2) is 41.6 Å². The van der Waals surface area contributed by atoms with Crippen LogP contribution in [0.25, 0.3) is 0 Å². The van der Waals surface area contributed by atoms with Crippen LogP contribution in [0.3, 0.4) is 0 Å². The van der Waals surface area contributed by atoms with Crippen LogP contribution in [0, 0.1) is 0 Å². The molecule has 4 nitrogen and oxygen atoms in total. The van der Waals surface area contributed by atoms with Crippen molar-refractivity contribution < 1.29 is 0 Å². The Balaban J connectivity index is 1.70. The third kappa shape index (κ3) is 2.71. The first-order valence-electron chi connectivity index (χ1n) is 7.70. The molecule has 2 N–H and O–H groups in total. The van der Waals surface area contributed by atoms with Crippen LogP contribution in [0.4, 0.5) is 5.13 Å². The Morgan fingerprint density at radius 1 is 1.20 bits per heavy atom. The van der Waals surface area contributed by atoms with Crippen LogP contribution >= 0.6 is 11.3 Å². The van der Waals surface area contributed by atoms with Crippen molar-refractivity contribution in [2.45, 2.75) is 51.6 Å². The molecular weight excluding hydrogens is 268 g/mol. The van der Waals surface area contributed by atoms with Gasteiger partial charge >= 0.3 is 0 Å². The number of fused-ring (bicyclic) bond motifs is 1. The average molecular weight is 294 g/mol. The summed E-state index contributed by atoms with van der Waals surface area (Å²) in [6.45, 7) is 11.3. The van der Waals surface area contributed by atoms with Gasteiger partial charge < -0.3 is 10.6 Å². The van der Waals surface area contributed by atoms with Crippen LogP contribution in [-0.2, 0) is 6.42 Å². The van der Waals surface area contributed by atoms with E-state index in [1.807, 2.05) is 11.3 Å². The molecule has 3 rings (SSSR count). The molecule has 0 spiro atoms. The monoisotopic (exact) mass is 294 g/mol. The molecule has 1 unspecified atom stereocenters. The van der Waals surface area contributed by atoms with Gasteiger partial charge in [-0.25, -0.2) is 4.98 Å². The Bertz CT molecular complexity index is 469. The van der Waals surface area contributed by atoms with Gasteiger partial charge in [0.05, 0.1) is 5.69 Å². The molecule has 1 saturated heterocycles. The van der Waals surface area contributed by atoms with Gasteiger partial charge in [-0.2, -0.15) is 0 Å². The number of aryl methyl sites for hydroxylation is 1. The normalized spacial score (nSPS) is 24.8. The number of anilines is 1. The van der Waals surface area contributed by atoms with Crippen molar-refractivity contribution in [3.05, 3.63) is 10.6 Å². The minimum atomic E-state index is 0.223. The SMILES string of the molecule is CC(C)(C)N1CCN(c2nc3c(s2)C(N)CCC3)CC1. The molecule has 20 heavy (non-hydrogen) atoms. The van der Waals surface area contributed by atoms with Crippen molar-refractivity contribution in [2.75, 3.05) is 31.1 Å². The third-order valence-electron chi connectivity index (χ3n) is 4.48. The Hall–Kier alpha value is -0.650. The van der Waals surface area contributed by atoms with E-state index in [2.05, 4.69) is 30.6 Å². The van der Waals surface area contributed by atoms with Gasteiger partial charge in [0.2, 0.25) is 0 Å². The molecule has 0 amide bonds. The molecule has 0 aromatic carbocycles. The van der Waals surface area contributed by atoms with Crippen LogP contribution in [0.15, 0.2) is 0 Å². The molecule has 112 valence electrons. The van der Waals surface area contributed by atoms with Gasteiger partial charge in [-0.15, -0.1) is 0 Å². The maximum absolute atomic E-state index is 6.21. The molecule has 0 bridgehead atoms. The fourth-order valence-electron chi connectivity index (χ4n) is 3.14. The molecule has 2 aliphatic rings. The van der Waals surface area contributed by atoms with Gasteiger partial charge in [0.15, 0.2) is 5.13 Å². The molecule has 1 atom stereocenters. The lowest BCUT2D eigenvalue weighted by molar-refractivity contribution is 0.128. The first kappa shape index (κ1) is 14.3. The lowest BCUT2D eigenvalue weighted by atomic mass is 9.99. The van der Waals surface area contributed by atoms with E-state index in [4.69, 9.17) is 10.7 Å². The maximum Gasteiger partial charge on any atom is 0.185 e. The van der Waals surface area contributed by atoms with Crippen molar-refractivity contribution in [1.29, 1.82) is 0 Å². The number of piperazine rings is 1. The Labute approximate surface area is 126 Å². The van der Waals surface area contributed by atoms with E-state index >= 15 is 0 Å². The quantitative estimate of drug-likeness (QED) is 0.864. The second kappa shape index (κ2) is 5.28. The smallest absolute Gasteiger partial charge is 0.185 e. The fraction of sp³-hybridized carbons (Fsp3) is 0.800. The second-order valence-corrected chi connectivity index (χ2v) is 7.96. The molecular formula is C15H26N4S. The van der Waals surface area contributed by atoms with Crippen molar-refractivity contribution in [2.24, 2.45) is 5.73 Å². The van der Waals surface area contributed by atoms with Crippen molar-refractivity contribution in [3.63, 3.8) is 0 Å². The molecule has 0 saturated carbocycles. The highest BCUT2D eigenvalue weighted by Gasteiger charge is 2.28. The van der Waals surface area contributed by atoms with E-state index < -0.39 is 0 Å². The Morgan fingerprint density at radius 2 is 1.90 bits per heavy atom. The van der Waals surface area contributed by atoms with Crippen molar-refractivity contribution in [3.8, 4) is 0 Å². The molecule has 2 heterocycles. The zero-order valence-corrected chi connectivity index (χ0v) is 13.7. The predicted octanol–water partition coefficient (Wildman–Crippen LogP) is 2.40. The van der Waals surface area contributed by atoms with Gasteiger partial charge in [0, 0.05) is 42.6 Å². The van der Waals surface area contributed by atoms with Gasteiger partial charge in [-0.05, 0) is 40.0 Å². The topological polar surface area (TPSA) is 45.4 Å². The molecule has 1 aliphatic heterocycles. The molecule has 5 heteroatoms. The predicted molar refractivity (Wildman–Crippen MR) is 85.5 cm³/mol. The number of hydrogen-bond acceptors (Lipinski definition) is 5. The average Bonchev–Trinajstić information content (AvgIpc) is 2.83. The molecule has 1 aliphatic carbocycles. The Morgan fingerprint density at radius 3 is 2.50 bits per heavy atom. The number of aromatic nitrogens is 1. The standard InChI is InChI=1S/C15H26N4S/c1-15(2,3)19-9-7-18(8-10-19)14-17-12-6-4-5-11(16)13(12)20-14/h11H,4-10,16H2,1-3H3. The summed E-state index contributed by atoms with van der Waals surface area (Å²) in [6, 6.07) is 0.223. The summed E-state index contributed by atoms with van der Waals surface area (Å²) in [5, 5.41) is 1.20. The van der Waals surface area contributed by atoms with Gasteiger partial charge in [0.1, 0.15) is 0 Å². The number of nitrogens with two attached hydrogens (primary N) is 1. The summed E-state index contributed by atoms with van der Waals surface area (Å²) in [7, 11) is 0. The van der Waals surface area contributed by atoms with E-state index in [9.17, 15) is 0 Å². The largest absolute Gasteiger partial charge is 0.346 e. The first-order chi connectivity index (χ1) is 9.45. The maximum atomic E-state index is 6.21. The molecule has 1 fully saturated rings. The van der Waals surface area contributed by atoms with Gasteiger partial charge in [-0.3, -0.25) is 4.90 Å². The minimum absolute atomic E-state index is 0.223. The zero-order valence-electron chi connectivity index (χ0n) is 12.9. The van der Waals surface area contributed by atoms with Gasteiger partial charge in [0.25, 0.3) is 0 Å². The highest BCUT2D eigenvalue weighted by molar-refractivity contribution is 7.15. The third-order valence-corrected chi connectivity index (χ3v) is 5.77. The zero-order chi connectivity index (χ0) is 14.3. The number of nitrogens with zero attached hydrogens (tertiary/aromatic N) is 3. The van der Waals surface area contributed by atoms with E-state index in [0.717, 1.165) is 39.0 Å². The fourth-order valence-corrected chi connectivity index (χ4v) is 4.34. The Kier molecular flexibility index (Phi) is 3.77. The van der Waals surface area contributed by atoms with E-state index in [0.29, 0.717) is 0 Å². The van der Waals surface area contributed by atoms with Crippen LogP contribution in [0.2, 0.25) is 0 Å². The molecule has 0 radical (unpaired) electrons. The van der Waals surface area contributed by atoms with Crippen molar-refractivity contribution >= 4 is 16.5 Å². The lowest BCUT2D eigenvalue weighted by Gasteiger charge is -2.42. The second-order valence-electron chi connectivity index (χ2n) is 6.95. The van der Waals surface area contributed by atoms with E-state index in [-0.39, 0.29) is 11.6 Å². The highest BCUT2D eigenvalue weighted by Crippen LogP contribution is 2.36. The minimum Gasteiger partial charge on any atom is -0.346 e. The van der Waals surface area contributed by atoms with E-state index in [1.54, 1.807) is 0 Å². The summed E-state index contributed by atoms with van der Waals surface area (Å²) in [6.07, 6.45) is 3.42. The number of rotatable bonds is 1. The molecule has 1 aromatic rings. The van der Waals surface area contributed by atoms with Crippen LogP contribution in [0.1, 0.15) is 50.2 Å². The number of thiazole rings is 1. The highest BCUT2D eigenvalue weighted by atomic mass is 32.1. The summed E-state index contributed by atoms with van der Waals surface area (Å²) in [5.41, 5.74) is 7.75. The van der Waals surface area contributed by atoms with E-state index in [1.165, 1.54) is 22.1 Å². The molecule has 1 aromatic heterocycles. The van der Waals surface area contributed by atoms with Crippen LogP contribution in [0.5, 0.6) is 0 Å². The first-order valence-corrected chi connectivity index (χ1v) is 8.52. The lowest BCUT2D eigenvalue weighted by Crippen LogP contribution is -2.53. The number of hydrogen-bond donors (Lipinski definition) is 1. The summed E-state index contributed by atoms with van der Waals surface area (Å²) in [5.74, 6) is 0. The van der Waals surface area contributed by atoms with Crippen LogP contribution < -0.4 is 10.6 Å². The van der Waals surface area contributed by atoms with Gasteiger partial charge in [-0.1, -0.05) is 11.3 Å². The summed E-state index contributed by atoms with van der Waals surface area (Å²) >= 11 is 1.83. The van der Waals surface area contributed by atoms with Crippen molar-refractivity contribution in [1.82, 2.24) is 9.88 Å². The summed E-state index contributed by atoms with van der Waals surface area (Å²) < 4.78 is 0. The summed E-state index contributed by atoms with van der Waals surface area (Å²) in [4.78, 5) is 11.2.